The summed E-state index contributed by atoms with van der Waals surface area (Å²) in [5.74, 6) is 0. The van der Waals surface area contributed by atoms with Crippen molar-refractivity contribution in [2.24, 2.45) is 0 Å². The molecule has 38 heavy (non-hydrogen) atoms. The molecule has 0 unspecified atom stereocenters. The lowest BCUT2D eigenvalue weighted by molar-refractivity contribution is 0.670. The monoisotopic (exact) mass is 483 g/mol. The summed E-state index contributed by atoms with van der Waals surface area (Å²) in [7, 11) is 0. The van der Waals surface area contributed by atoms with E-state index in [4.69, 9.17) is 4.42 Å². The van der Waals surface area contributed by atoms with Crippen LogP contribution in [0, 0.1) is 0 Å². The largest absolute Gasteiger partial charge is 0.455 e. The Balaban J connectivity index is 1.52. The first-order valence-electron chi connectivity index (χ1n) is 13.0. The quantitative estimate of drug-likeness (QED) is 0.231. The van der Waals surface area contributed by atoms with Crippen molar-refractivity contribution in [3.05, 3.63) is 121 Å². The van der Waals surface area contributed by atoms with E-state index in [1.807, 2.05) is 6.07 Å². The van der Waals surface area contributed by atoms with Gasteiger partial charge in [0, 0.05) is 38.1 Å². The van der Waals surface area contributed by atoms with Gasteiger partial charge in [0.15, 0.2) is 0 Å². The molecule has 0 atom stereocenters. The van der Waals surface area contributed by atoms with E-state index in [0.717, 1.165) is 38.6 Å². The van der Waals surface area contributed by atoms with Crippen LogP contribution in [-0.4, -0.2) is 4.98 Å². The predicted molar refractivity (Wildman–Crippen MR) is 161 cm³/mol. The van der Waals surface area contributed by atoms with Crippen LogP contribution in [0.1, 0.15) is 0 Å². The maximum atomic E-state index is 6.60. The lowest BCUT2D eigenvalue weighted by Crippen LogP contribution is -1.85. The summed E-state index contributed by atoms with van der Waals surface area (Å²) in [5.41, 5.74) is 6.48. The van der Waals surface area contributed by atoms with Gasteiger partial charge in [-0.3, -0.25) is 0 Å². The van der Waals surface area contributed by atoms with Crippen LogP contribution in [0.25, 0.3) is 87.2 Å². The number of furan rings is 1. The molecule has 0 bridgehead atoms. The van der Waals surface area contributed by atoms with E-state index in [9.17, 15) is 0 Å². The third-order valence-electron chi connectivity index (χ3n) is 8.18. The molecular formula is C36H21NO. The molecular weight excluding hydrogens is 462 g/mol. The fourth-order valence-corrected chi connectivity index (χ4v) is 6.57. The number of benzene rings is 7. The Labute approximate surface area is 217 Å². The zero-order valence-corrected chi connectivity index (χ0v) is 20.5. The third-order valence-corrected chi connectivity index (χ3v) is 8.18. The van der Waals surface area contributed by atoms with Gasteiger partial charge in [-0.05, 0) is 39.1 Å². The Bertz CT molecular complexity index is 2400. The average Bonchev–Trinajstić information content (AvgIpc) is 3.55. The maximum absolute atomic E-state index is 6.60. The van der Waals surface area contributed by atoms with Crippen LogP contribution in [-0.2, 0) is 0 Å². The van der Waals surface area contributed by atoms with Gasteiger partial charge in [0.2, 0.25) is 0 Å². The molecule has 0 radical (unpaired) electrons. The van der Waals surface area contributed by atoms with E-state index in [2.05, 4.69) is 120 Å². The molecule has 0 saturated carbocycles. The first-order valence-corrected chi connectivity index (χ1v) is 13.0. The van der Waals surface area contributed by atoms with Crippen molar-refractivity contribution >= 4 is 76.1 Å². The fourth-order valence-electron chi connectivity index (χ4n) is 6.57. The minimum atomic E-state index is 0.917. The first kappa shape index (κ1) is 20.0. The third kappa shape index (κ3) is 2.51. The first-order chi connectivity index (χ1) is 18.9. The Morgan fingerprint density at radius 1 is 0.447 bits per heavy atom. The summed E-state index contributed by atoms with van der Waals surface area (Å²) in [6, 6.07) is 43.4. The van der Waals surface area contributed by atoms with Crippen molar-refractivity contribution in [3.8, 4) is 11.1 Å². The van der Waals surface area contributed by atoms with E-state index in [0.29, 0.717) is 0 Å². The number of para-hydroxylation sites is 2. The number of rotatable bonds is 1. The Hall–Kier alpha value is -5.08. The van der Waals surface area contributed by atoms with E-state index < -0.39 is 0 Å². The van der Waals surface area contributed by atoms with Gasteiger partial charge >= 0.3 is 0 Å². The van der Waals surface area contributed by atoms with Crippen molar-refractivity contribution in [1.82, 2.24) is 4.98 Å². The summed E-state index contributed by atoms with van der Waals surface area (Å²) in [6.07, 6.45) is 0. The molecule has 2 nitrogen and oxygen atoms in total. The second kappa shape index (κ2) is 7.24. The molecule has 0 aliphatic heterocycles. The predicted octanol–water partition coefficient (Wildman–Crippen LogP) is 10.3. The zero-order chi connectivity index (χ0) is 24.8. The molecule has 0 fully saturated rings. The molecule has 0 amide bonds. The van der Waals surface area contributed by atoms with Crippen LogP contribution in [0.2, 0.25) is 0 Å². The Morgan fingerprint density at radius 3 is 1.92 bits per heavy atom. The lowest BCUT2D eigenvalue weighted by Gasteiger charge is -2.10. The normalized spacial score (nSPS) is 12.2. The van der Waals surface area contributed by atoms with Crippen LogP contribution in [0.5, 0.6) is 0 Å². The van der Waals surface area contributed by atoms with Crippen molar-refractivity contribution in [1.29, 1.82) is 0 Å². The van der Waals surface area contributed by atoms with Crippen LogP contribution in [0.4, 0.5) is 0 Å². The average molecular weight is 484 g/mol. The van der Waals surface area contributed by atoms with Crippen molar-refractivity contribution in [2.75, 3.05) is 0 Å². The van der Waals surface area contributed by atoms with Gasteiger partial charge in [0.25, 0.3) is 0 Å². The van der Waals surface area contributed by atoms with E-state index in [-0.39, 0.29) is 0 Å². The van der Waals surface area contributed by atoms with Crippen LogP contribution in [0.3, 0.4) is 0 Å². The highest BCUT2D eigenvalue weighted by Gasteiger charge is 2.20. The van der Waals surface area contributed by atoms with E-state index in [1.165, 1.54) is 48.6 Å². The van der Waals surface area contributed by atoms with E-state index >= 15 is 0 Å². The van der Waals surface area contributed by atoms with Crippen molar-refractivity contribution < 1.29 is 4.42 Å². The second-order valence-corrected chi connectivity index (χ2v) is 10.1. The van der Waals surface area contributed by atoms with Crippen LogP contribution in [0.15, 0.2) is 126 Å². The molecule has 0 aliphatic carbocycles. The summed E-state index contributed by atoms with van der Waals surface area (Å²) in [4.78, 5) is 3.90. The minimum absolute atomic E-state index is 0.917. The van der Waals surface area contributed by atoms with Gasteiger partial charge in [-0.2, -0.15) is 0 Å². The number of aromatic nitrogens is 1. The second-order valence-electron chi connectivity index (χ2n) is 10.1. The highest BCUT2D eigenvalue weighted by atomic mass is 16.3. The Kier molecular flexibility index (Phi) is 3.82. The number of hydrogen-bond acceptors (Lipinski definition) is 1. The van der Waals surface area contributed by atoms with Crippen molar-refractivity contribution in [3.63, 3.8) is 0 Å². The van der Waals surface area contributed by atoms with Gasteiger partial charge in [-0.15, -0.1) is 0 Å². The van der Waals surface area contributed by atoms with Crippen molar-refractivity contribution in [2.45, 2.75) is 0 Å². The summed E-state index contributed by atoms with van der Waals surface area (Å²) < 4.78 is 6.60. The Morgan fingerprint density at radius 2 is 1.08 bits per heavy atom. The highest BCUT2D eigenvalue weighted by Crippen LogP contribution is 2.46. The summed E-state index contributed by atoms with van der Waals surface area (Å²) in [6.45, 7) is 0. The highest BCUT2D eigenvalue weighted by molar-refractivity contribution is 6.33. The summed E-state index contributed by atoms with van der Waals surface area (Å²) >= 11 is 0. The number of fused-ring (bicyclic) bond motifs is 12. The molecule has 0 aliphatic rings. The van der Waals surface area contributed by atoms with Crippen LogP contribution < -0.4 is 0 Å². The van der Waals surface area contributed by atoms with E-state index in [1.54, 1.807) is 0 Å². The minimum Gasteiger partial charge on any atom is -0.455 e. The smallest absolute Gasteiger partial charge is 0.143 e. The van der Waals surface area contributed by atoms with Crippen LogP contribution >= 0.6 is 0 Å². The van der Waals surface area contributed by atoms with Gasteiger partial charge in [-0.1, -0.05) is 109 Å². The standard InChI is InChI=1S/C36H21NO/c1-2-11-22-21(10-1)20-30-25-14-7-8-19-31(25)38-36(30)33(22)29-18-9-17-28-32-26-15-5-3-12-23(26)24-13-4-6-16-27(24)35(32)37-34(28)29/h1-20,37H. The zero-order valence-electron chi connectivity index (χ0n) is 20.5. The van der Waals surface area contributed by atoms with Gasteiger partial charge < -0.3 is 9.40 Å². The molecule has 2 heterocycles. The fraction of sp³-hybridized carbons (Fsp3) is 0. The molecule has 7 aromatic carbocycles. The number of H-pyrrole nitrogens is 1. The molecule has 9 rings (SSSR count). The van der Waals surface area contributed by atoms with Gasteiger partial charge in [0.1, 0.15) is 11.2 Å². The molecule has 0 saturated heterocycles. The molecule has 1 N–H and O–H groups in total. The molecule has 9 aromatic rings. The topological polar surface area (TPSA) is 28.9 Å². The SMILES string of the molecule is c1ccc2c(-c3cccc4c3[nH]c3c5ccccc5c5ccccc5c43)c3oc4ccccc4c3cc2c1. The molecule has 0 spiro atoms. The molecule has 2 aromatic heterocycles. The maximum Gasteiger partial charge on any atom is 0.143 e. The van der Waals surface area contributed by atoms with Gasteiger partial charge in [-0.25, -0.2) is 0 Å². The summed E-state index contributed by atoms with van der Waals surface area (Å²) in [5, 5.41) is 12.3. The van der Waals surface area contributed by atoms with Gasteiger partial charge in [0.05, 0.1) is 11.0 Å². The lowest BCUT2D eigenvalue weighted by atomic mass is 9.93. The molecule has 176 valence electrons. The number of nitrogens with one attached hydrogen (secondary N) is 1. The number of hydrogen-bond donors (Lipinski definition) is 1. The number of aromatic amines is 1. The molecule has 2 heteroatoms.